The van der Waals surface area contributed by atoms with Gasteiger partial charge in [-0.3, -0.25) is 4.79 Å². The first kappa shape index (κ1) is 12.8. The molecular weight excluding hydrogens is 258 g/mol. The molecule has 3 heterocycles. The van der Waals surface area contributed by atoms with E-state index in [9.17, 15) is 4.79 Å². The van der Waals surface area contributed by atoms with Gasteiger partial charge in [0, 0.05) is 19.5 Å². The summed E-state index contributed by atoms with van der Waals surface area (Å²) in [5.74, 6) is 1.80. The normalized spacial score (nSPS) is 17.8. The van der Waals surface area contributed by atoms with Crippen molar-refractivity contribution in [2.24, 2.45) is 5.92 Å². The molecule has 20 heavy (non-hydrogen) atoms. The highest BCUT2D eigenvalue weighted by atomic mass is 16.5. The van der Waals surface area contributed by atoms with Gasteiger partial charge in [0.15, 0.2) is 0 Å². The van der Waals surface area contributed by atoms with Crippen LogP contribution >= 0.6 is 0 Å². The summed E-state index contributed by atoms with van der Waals surface area (Å²) in [6.07, 6.45) is 3.16. The van der Waals surface area contributed by atoms with Crippen molar-refractivity contribution < 1.29 is 9.32 Å². The fourth-order valence-electron chi connectivity index (χ4n) is 2.56. The van der Waals surface area contributed by atoms with Crippen LogP contribution in [0.25, 0.3) is 0 Å². The molecule has 1 aliphatic rings. The second kappa shape index (κ2) is 5.07. The molecule has 0 aromatic carbocycles. The van der Waals surface area contributed by atoms with Crippen molar-refractivity contribution in [1.29, 1.82) is 0 Å². The van der Waals surface area contributed by atoms with Gasteiger partial charge in [-0.1, -0.05) is 5.16 Å². The Morgan fingerprint density at radius 2 is 2.45 bits per heavy atom. The van der Waals surface area contributed by atoms with Crippen LogP contribution in [-0.4, -0.2) is 37.8 Å². The van der Waals surface area contributed by atoms with Crippen molar-refractivity contribution in [2.45, 2.75) is 32.9 Å². The molecule has 0 N–H and O–H groups in total. The maximum absolute atomic E-state index is 12.4. The zero-order valence-corrected chi connectivity index (χ0v) is 11.6. The molecule has 0 spiro atoms. The molecule has 0 bridgehead atoms. The summed E-state index contributed by atoms with van der Waals surface area (Å²) in [4.78, 5) is 18.3. The number of carbonyl (C=O) groups excluding carboxylic acids is 1. The lowest BCUT2D eigenvalue weighted by Gasteiger charge is -2.26. The Morgan fingerprint density at radius 3 is 3.20 bits per heavy atom. The fourth-order valence-corrected chi connectivity index (χ4v) is 2.56. The lowest BCUT2D eigenvalue weighted by atomic mass is 9.98. The molecule has 7 nitrogen and oxygen atoms in total. The Balaban J connectivity index is 1.64. The number of aromatic nitrogens is 4. The topological polar surface area (TPSA) is 77.1 Å². The minimum Gasteiger partial charge on any atom is -0.361 e. The quantitative estimate of drug-likeness (QED) is 0.828. The number of hydrogen-bond acceptors (Lipinski definition) is 5. The Kier molecular flexibility index (Phi) is 3.25. The summed E-state index contributed by atoms with van der Waals surface area (Å²) >= 11 is 0. The zero-order chi connectivity index (χ0) is 14.1. The molecule has 1 atom stereocenters. The summed E-state index contributed by atoms with van der Waals surface area (Å²) < 4.78 is 6.84. The monoisotopic (exact) mass is 275 g/mol. The van der Waals surface area contributed by atoms with Gasteiger partial charge in [-0.15, -0.1) is 0 Å². The van der Waals surface area contributed by atoms with Gasteiger partial charge in [-0.05, 0) is 13.3 Å². The number of fused-ring (bicyclic) bond motifs is 1. The molecule has 1 unspecified atom stereocenters. The zero-order valence-electron chi connectivity index (χ0n) is 11.6. The third-order valence-corrected chi connectivity index (χ3v) is 3.61. The van der Waals surface area contributed by atoms with Gasteiger partial charge >= 0.3 is 0 Å². The number of carbonyl (C=O) groups is 1. The van der Waals surface area contributed by atoms with Crippen LogP contribution in [0.3, 0.4) is 0 Å². The van der Waals surface area contributed by atoms with E-state index in [4.69, 9.17) is 4.52 Å². The molecule has 3 rings (SSSR count). The molecule has 1 aliphatic heterocycles. The molecule has 1 amide bonds. The van der Waals surface area contributed by atoms with Gasteiger partial charge in [0.25, 0.3) is 0 Å². The van der Waals surface area contributed by atoms with Crippen LogP contribution in [0.4, 0.5) is 0 Å². The molecule has 0 saturated carbocycles. The third-order valence-electron chi connectivity index (χ3n) is 3.61. The van der Waals surface area contributed by atoms with E-state index < -0.39 is 0 Å². The van der Waals surface area contributed by atoms with Gasteiger partial charge in [0.2, 0.25) is 5.91 Å². The highest BCUT2D eigenvalue weighted by molar-refractivity contribution is 5.78. The van der Waals surface area contributed by atoms with E-state index in [1.807, 2.05) is 17.7 Å². The van der Waals surface area contributed by atoms with E-state index in [0.29, 0.717) is 13.1 Å². The standard InChI is InChI=1S/C13H17N5O2/c1-9-5-11(16-20-9)7-17(2)13(19)10-3-4-12-14-8-15-18(12)6-10/h5,8,10H,3-4,6-7H2,1-2H3. The molecule has 7 heteroatoms. The Morgan fingerprint density at radius 1 is 1.60 bits per heavy atom. The Labute approximate surface area is 116 Å². The first-order valence-corrected chi connectivity index (χ1v) is 6.67. The number of rotatable bonds is 3. The van der Waals surface area contributed by atoms with Crippen molar-refractivity contribution >= 4 is 5.91 Å². The predicted octanol–water partition coefficient (Wildman–Crippen LogP) is 0.796. The van der Waals surface area contributed by atoms with Crippen LogP contribution < -0.4 is 0 Å². The highest BCUT2D eigenvalue weighted by Crippen LogP contribution is 2.20. The summed E-state index contributed by atoms with van der Waals surface area (Å²) in [6.45, 7) is 2.92. The molecular formula is C13H17N5O2. The van der Waals surface area contributed by atoms with Gasteiger partial charge in [-0.2, -0.15) is 5.10 Å². The maximum Gasteiger partial charge on any atom is 0.227 e. The average molecular weight is 275 g/mol. The molecule has 106 valence electrons. The van der Waals surface area contributed by atoms with Crippen molar-refractivity contribution in [1.82, 2.24) is 24.8 Å². The van der Waals surface area contributed by atoms with Crippen LogP contribution in [0.1, 0.15) is 23.7 Å². The Bertz CT molecular complexity index is 618. The van der Waals surface area contributed by atoms with Crippen LogP contribution in [0.15, 0.2) is 16.9 Å². The second-order valence-electron chi connectivity index (χ2n) is 5.22. The minimum absolute atomic E-state index is 0.0396. The van der Waals surface area contributed by atoms with Gasteiger partial charge in [0.05, 0.1) is 19.0 Å². The summed E-state index contributed by atoms with van der Waals surface area (Å²) in [7, 11) is 1.79. The van der Waals surface area contributed by atoms with Crippen molar-refractivity contribution in [2.75, 3.05) is 7.05 Å². The van der Waals surface area contributed by atoms with E-state index in [0.717, 1.165) is 30.1 Å². The summed E-state index contributed by atoms with van der Waals surface area (Å²) in [6, 6.07) is 1.85. The Hall–Kier alpha value is -2.18. The van der Waals surface area contributed by atoms with Crippen molar-refractivity contribution in [3.05, 3.63) is 29.7 Å². The minimum atomic E-state index is -0.0396. The molecule has 0 saturated heterocycles. The van der Waals surface area contributed by atoms with E-state index in [1.54, 1.807) is 18.3 Å². The number of hydrogen-bond donors (Lipinski definition) is 0. The summed E-state index contributed by atoms with van der Waals surface area (Å²) in [5.41, 5.74) is 0.774. The van der Waals surface area contributed by atoms with Crippen LogP contribution in [0.5, 0.6) is 0 Å². The lowest BCUT2D eigenvalue weighted by Crippen LogP contribution is -2.37. The number of aryl methyl sites for hydroxylation is 2. The van der Waals surface area contributed by atoms with Crippen molar-refractivity contribution in [3.63, 3.8) is 0 Å². The van der Waals surface area contributed by atoms with Gasteiger partial charge in [-0.25, -0.2) is 9.67 Å². The first-order chi connectivity index (χ1) is 9.63. The first-order valence-electron chi connectivity index (χ1n) is 6.67. The van der Waals surface area contributed by atoms with E-state index in [-0.39, 0.29) is 11.8 Å². The third kappa shape index (κ3) is 2.43. The van der Waals surface area contributed by atoms with Crippen LogP contribution in [0.2, 0.25) is 0 Å². The summed E-state index contributed by atoms with van der Waals surface area (Å²) in [5, 5.41) is 8.06. The van der Waals surface area contributed by atoms with Gasteiger partial charge in [0.1, 0.15) is 23.6 Å². The lowest BCUT2D eigenvalue weighted by molar-refractivity contribution is -0.136. The van der Waals surface area contributed by atoms with Crippen LogP contribution in [-0.2, 0) is 24.3 Å². The molecule has 2 aromatic rings. The molecule has 0 fully saturated rings. The average Bonchev–Trinajstić information content (AvgIpc) is 3.05. The fraction of sp³-hybridized carbons (Fsp3) is 0.538. The molecule has 0 radical (unpaired) electrons. The SMILES string of the molecule is Cc1cc(CN(C)C(=O)C2CCc3ncnn3C2)no1. The van der Waals surface area contributed by atoms with E-state index in [2.05, 4.69) is 15.2 Å². The van der Waals surface area contributed by atoms with Crippen molar-refractivity contribution in [3.8, 4) is 0 Å². The van der Waals surface area contributed by atoms with Gasteiger partial charge < -0.3 is 9.42 Å². The number of amides is 1. The van der Waals surface area contributed by atoms with E-state index >= 15 is 0 Å². The second-order valence-corrected chi connectivity index (χ2v) is 5.22. The van der Waals surface area contributed by atoms with E-state index in [1.165, 1.54) is 0 Å². The molecule has 0 aliphatic carbocycles. The highest BCUT2D eigenvalue weighted by Gasteiger charge is 2.28. The van der Waals surface area contributed by atoms with Crippen LogP contribution in [0, 0.1) is 12.8 Å². The maximum atomic E-state index is 12.4. The number of nitrogens with zero attached hydrogens (tertiary/aromatic N) is 5. The molecule has 2 aromatic heterocycles. The smallest absolute Gasteiger partial charge is 0.227 e. The largest absolute Gasteiger partial charge is 0.361 e. The predicted molar refractivity (Wildman–Crippen MR) is 69.5 cm³/mol.